The number of nitrogens with one attached hydrogen (secondary N) is 3. The summed E-state index contributed by atoms with van der Waals surface area (Å²) in [7, 11) is 1.94. The Labute approximate surface area is 151 Å². The number of pyridine rings is 2. The molecule has 0 spiro atoms. The molecule has 0 unspecified atom stereocenters. The van der Waals surface area contributed by atoms with Crippen LogP contribution in [0.1, 0.15) is 22.3 Å². The van der Waals surface area contributed by atoms with Gasteiger partial charge in [0, 0.05) is 49.7 Å². The molecule has 1 amide bonds. The van der Waals surface area contributed by atoms with Crippen LogP contribution in [-0.2, 0) is 6.54 Å². The van der Waals surface area contributed by atoms with Gasteiger partial charge >= 0.3 is 0 Å². The fourth-order valence-electron chi connectivity index (χ4n) is 3.35. The summed E-state index contributed by atoms with van der Waals surface area (Å²) in [4.78, 5) is 26.2. The molecule has 3 aromatic rings. The Morgan fingerprint density at radius 1 is 1.31 bits per heavy atom. The number of amides is 1. The summed E-state index contributed by atoms with van der Waals surface area (Å²) in [5.74, 6) is 0.793. The van der Waals surface area contributed by atoms with Gasteiger partial charge in [0.05, 0.1) is 5.56 Å². The third-order valence-corrected chi connectivity index (χ3v) is 4.90. The van der Waals surface area contributed by atoms with E-state index in [1.54, 1.807) is 12.4 Å². The van der Waals surface area contributed by atoms with E-state index >= 15 is 0 Å². The third kappa shape index (κ3) is 3.25. The topological polar surface area (TPSA) is 85.9 Å². The van der Waals surface area contributed by atoms with Gasteiger partial charge in [0.25, 0.3) is 5.91 Å². The van der Waals surface area contributed by atoms with Gasteiger partial charge in [-0.1, -0.05) is 0 Å². The Balaban J connectivity index is 1.40. The van der Waals surface area contributed by atoms with E-state index in [1.165, 1.54) is 0 Å². The SMILES string of the molecule is CN[C@H]1CCN(C(=O)c2ccc(NCc3ccnc4[nH]ccc34)nc2)C1. The number of aromatic amines is 1. The second kappa shape index (κ2) is 7.13. The molecule has 1 saturated heterocycles. The van der Waals surface area contributed by atoms with Crippen molar-refractivity contribution in [3.8, 4) is 0 Å². The molecule has 134 valence electrons. The Kier molecular flexibility index (Phi) is 4.53. The highest BCUT2D eigenvalue weighted by Gasteiger charge is 2.25. The molecule has 0 bridgehead atoms. The van der Waals surface area contributed by atoms with Crippen molar-refractivity contribution in [2.75, 3.05) is 25.5 Å². The van der Waals surface area contributed by atoms with Crippen molar-refractivity contribution in [1.82, 2.24) is 25.2 Å². The molecule has 0 aromatic carbocycles. The lowest BCUT2D eigenvalue weighted by atomic mass is 10.2. The van der Waals surface area contributed by atoms with Crippen LogP contribution in [0.3, 0.4) is 0 Å². The number of likely N-dealkylation sites (N-methyl/N-ethyl adjacent to an activating group) is 1. The first-order valence-electron chi connectivity index (χ1n) is 8.82. The molecule has 3 N–H and O–H groups in total. The van der Waals surface area contributed by atoms with Gasteiger partial charge in [0.1, 0.15) is 11.5 Å². The number of hydrogen-bond donors (Lipinski definition) is 3. The maximum absolute atomic E-state index is 12.5. The standard InChI is InChI=1S/C19H22N6O/c1-20-15-6-9-25(12-15)19(26)14-2-3-17(24-11-14)23-10-13-4-7-21-18-16(13)5-8-22-18/h2-5,7-8,11,15,20H,6,9-10,12H2,1H3,(H,21,22)(H,23,24)/t15-/m0/s1. The summed E-state index contributed by atoms with van der Waals surface area (Å²) in [5.41, 5.74) is 2.65. The lowest BCUT2D eigenvalue weighted by Crippen LogP contribution is -2.33. The van der Waals surface area contributed by atoms with Crippen LogP contribution < -0.4 is 10.6 Å². The average molecular weight is 350 g/mol. The molecule has 1 aliphatic heterocycles. The van der Waals surface area contributed by atoms with E-state index in [1.807, 2.05) is 42.4 Å². The highest BCUT2D eigenvalue weighted by atomic mass is 16.2. The molecule has 4 heterocycles. The van der Waals surface area contributed by atoms with E-state index < -0.39 is 0 Å². The van der Waals surface area contributed by atoms with Crippen molar-refractivity contribution >= 4 is 22.8 Å². The lowest BCUT2D eigenvalue weighted by molar-refractivity contribution is 0.0789. The van der Waals surface area contributed by atoms with E-state index in [9.17, 15) is 4.79 Å². The highest BCUT2D eigenvalue weighted by Crippen LogP contribution is 2.17. The van der Waals surface area contributed by atoms with Gasteiger partial charge in [-0.2, -0.15) is 0 Å². The van der Waals surface area contributed by atoms with Crippen molar-refractivity contribution in [3.63, 3.8) is 0 Å². The van der Waals surface area contributed by atoms with Crippen LogP contribution in [0.4, 0.5) is 5.82 Å². The van der Waals surface area contributed by atoms with Gasteiger partial charge in [0.15, 0.2) is 0 Å². The molecule has 1 aliphatic rings. The van der Waals surface area contributed by atoms with E-state index in [0.29, 0.717) is 18.2 Å². The first kappa shape index (κ1) is 16.5. The van der Waals surface area contributed by atoms with E-state index in [4.69, 9.17) is 0 Å². The molecule has 0 aliphatic carbocycles. The Morgan fingerprint density at radius 2 is 2.23 bits per heavy atom. The zero-order valence-electron chi connectivity index (χ0n) is 14.7. The summed E-state index contributed by atoms with van der Waals surface area (Å²) >= 11 is 0. The number of carbonyl (C=O) groups is 1. The average Bonchev–Trinajstić information content (AvgIpc) is 3.35. The van der Waals surface area contributed by atoms with E-state index in [0.717, 1.165) is 41.9 Å². The number of nitrogens with zero attached hydrogens (tertiary/aromatic N) is 3. The number of aromatic nitrogens is 3. The number of anilines is 1. The number of carbonyl (C=O) groups excluding carboxylic acids is 1. The normalized spacial score (nSPS) is 17.0. The molecule has 3 aromatic heterocycles. The first-order chi connectivity index (χ1) is 12.7. The van der Waals surface area contributed by atoms with Crippen LogP contribution in [0.5, 0.6) is 0 Å². The maximum atomic E-state index is 12.5. The maximum Gasteiger partial charge on any atom is 0.255 e. The molecule has 26 heavy (non-hydrogen) atoms. The molecule has 7 heteroatoms. The fraction of sp³-hybridized carbons (Fsp3) is 0.316. The number of rotatable bonds is 5. The second-order valence-corrected chi connectivity index (χ2v) is 6.52. The summed E-state index contributed by atoms with van der Waals surface area (Å²) in [5, 5.41) is 7.63. The summed E-state index contributed by atoms with van der Waals surface area (Å²) < 4.78 is 0. The second-order valence-electron chi connectivity index (χ2n) is 6.52. The van der Waals surface area contributed by atoms with Gasteiger partial charge in [-0.05, 0) is 43.3 Å². The van der Waals surface area contributed by atoms with Crippen LogP contribution in [0.15, 0.2) is 42.9 Å². The monoisotopic (exact) mass is 350 g/mol. The van der Waals surface area contributed by atoms with Gasteiger partial charge in [-0.15, -0.1) is 0 Å². The van der Waals surface area contributed by atoms with Crippen LogP contribution in [0.2, 0.25) is 0 Å². The summed E-state index contributed by atoms with van der Waals surface area (Å²) in [6, 6.07) is 8.09. The van der Waals surface area contributed by atoms with Crippen LogP contribution in [-0.4, -0.2) is 51.9 Å². The third-order valence-electron chi connectivity index (χ3n) is 4.90. The predicted octanol–water partition coefficient (Wildman–Crippen LogP) is 2.00. The minimum Gasteiger partial charge on any atom is -0.366 e. The molecular formula is C19H22N6O. The molecule has 0 radical (unpaired) electrons. The van der Waals surface area contributed by atoms with E-state index in [-0.39, 0.29) is 5.91 Å². The molecule has 0 saturated carbocycles. The number of fused-ring (bicyclic) bond motifs is 1. The van der Waals surface area contributed by atoms with Crippen LogP contribution >= 0.6 is 0 Å². The van der Waals surface area contributed by atoms with Gasteiger partial charge in [-0.25, -0.2) is 9.97 Å². The Bertz CT molecular complexity index is 904. The molecular weight excluding hydrogens is 328 g/mol. The minimum absolute atomic E-state index is 0.0463. The summed E-state index contributed by atoms with van der Waals surface area (Å²) in [6.45, 7) is 2.19. The Hall–Kier alpha value is -2.93. The van der Waals surface area contributed by atoms with Crippen LogP contribution in [0.25, 0.3) is 11.0 Å². The lowest BCUT2D eigenvalue weighted by Gasteiger charge is -2.16. The summed E-state index contributed by atoms with van der Waals surface area (Å²) in [6.07, 6.45) is 6.32. The number of likely N-dealkylation sites (tertiary alicyclic amines) is 1. The number of hydrogen-bond acceptors (Lipinski definition) is 5. The zero-order valence-corrected chi connectivity index (χ0v) is 14.7. The zero-order chi connectivity index (χ0) is 17.9. The molecule has 1 atom stereocenters. The molecule has 4 rings (SSSR count). The number of H-pyrrole nitrogens is 1. The minimum atomic E-state index is 0.0463. The van der Waals surface area contributed by atoms with Crippen molar-refractivity contribution in [1.29, 1.82) is 0 Å². The van der Waals surface area contributed by atoms with Gasteiger partial charge in [0.2, 0.25) is 0 Å². The Morgan fingerprint density at radius 3 is 3.00 bits per heavy atom. The van der Waals surface area contributed by atoms with Crippen molar-refractivity contribution < 1.29 is 4.79 Å². The van der Waals surface area contributed by atoms with Gasteiger partial charge in [-0.3, -0.25) is 4.79 Å². The van der Waals surface area contributed by atoms with Crippen molar-refractivity contribution in [3.05, 3.63) is 54.0 Å². The molecule has 7 nitrogen and oxygen atoms in total. The van der Waals surface area contributed by atoms with E-state index in [2.05, 4.69) is 25.6 Å². The van der Waals surface area contributed by atoms with Gasteiger partial charge < -0.3 is 20.5 Å². The fourth-order valence-corrected chi connectivity index (χ4v) is 3.35. The highest BCUT2D eigenvalue weighted by molar-refractivity contribution is 5.94. The van der Waals surface area contributed by atoms with Crippen molar-refractivity contribution in [2.45, 2.75) is 19.0 Å². The van der Waals surface area contributed by atoms with Crippen molar-refractivity contribution in [2.24, 2.45) is 0 Å². The molecule has 1 fully saturated rings. The predicted molar refractivity (Wildman–Crippen MR) is 101 cm³/mol. The van der Waals surface area contributed by atoms with Crippen LogP contribution in [0, 0.1) is 0 Å². The first-order valence-corrected chi connectivity index (χ1v) is 8.82. The largest absolute Gasteiger partial charge is 0.366 e. The smallest absolute Gasteiger partial charge is 0.255 e. The quantitative estimate of drug-likeness (QED) is 0.655.